The first-order chi connectivity index (χ1) is 11.7. The maximum Gasteiger partial charge on any atom is 0.417 e. The molecule has 2 rings (SSSR count). The summed E-state index contributed by atoms with van der Waals surface area (Å²) in [4.78, 5) is 25.8. The maximum absolute atomic E-state index is 12.9. The molecule has 1 saturated heterocycles. The maximum atomic E-state index is 12.9. The number of rotatable bonds is 4. The molecule has 2 amide bonds. The number of carbonyl (C=O) groups is 2. The Labute approximate surface area is 144 Å². The zero-order valence-electron chi connectivity index (χ0n) is 14.0. The first-order valence-corrected chi connectivity index (χ1v) is 8.18. The van der Waals surface area contributed by atoms with Gasteiger partial charge in [0.1, 0.15) is 0 Å². The van der Waals surface area contributed by atoms with Crippen LogP contribution in [-0.2, 0) is 11.0 Å². The highest BCUT2D eigenvalue weighted by Crippen LogP contribution is 2.31. The number of benzene rings is 1. The van der Waals surface area contributed by atoms with E-state index >= 15 is 0 Å². The molecule has 3 N–H and O–H groups in total. The highest BCUT2D eigenvalue weighted by atomic mass is 19.4. The van der Waals surface area contributed by atoms with Gasteiger partial charge in [0, 0.05) is 19.1 Å². The molecule has 0 bridgehead atoms. The van der Waals surface area contributed by atoms with Crippen LogP contribution < -0.4 is 11.1 Å². The third kappa shape index (κ3) is 4.94. The molecule has 1 aliphatic rings. The van der Waals surface area contributed by atoms with Crippen LogP contribution in [0.3, 0.4) is 0 Å². The lowest BCUT2D eigenvalue weighted by Gasteiger charge is -2.33. The van der Waals surface area contributed by atoms with E-state index < -0.39 is 23.2 Å². The van der Waals surface area contributed by atoms with Crippen molar-refractivity contribution in [1.29, 1.82) is 0 Å². The molecule has 1 aromatic rings. The van der Waals surface area contributed by atoms with Crippen molar-refractivity contribution < 1.29 is 22.8 Å². The smallest absolute Gasteiger partial charge is 0.343 e. The van der Waals surface area contributed by atoms with E-state index in [0.29, 0.717) is 19.0 Å². The van der Waals surface area contributed by atoms with Gasteiger partial charge in [-0.05, 0) is 37.8 Å². The molecule has 1 heterocycles. The Morgan fingerprint density at radius 3 is 2.44 bits per heavy atom. The van der Waals surface area contributed by atoms with E-state index in [4.69, 9.17) is 5.73 Å². The fourth-order valence-electron chi connectivity index (χ4n) is 2.97. The topological polar surface area (TPSA) is 75.4 Å². The summed E-state index contributed by atoms with van der Waals surface area (Å²) in [5, 5.41) is 2.29. The summed E-state index contributed by atoms with van der Waals surface area (Å²) in [7, 11) is 0. The minimum absolute atomic E-state index is 0.0656. The molecule has 5 nitrogen and oxygen atoms in total. The van der Waals surface area contributed by atoms with E-state index in [0.717, 1.165) is 25.0 Å². The number of nitrogens with one attached hydrogen (secondary N) is 1. The molecule has 8 heteroatoms. The number of alkyl halides is 3. The number of carbonyl (C=O) groups excluding carboxylic acids is 2. The van der Waals surface area contributed by atoms with Gasteiger partial charge in [-0.3, -0.25) is 9.59 Å². The molecule has 1 fully saturated rings. The van der Waals surface area contributed by atoms with Crippen molar-refractivity contribution in [3.63, 3.8) is 0 Å². The monoisotopic (exact) mass is 357 g/mol. The number of likely N-dealkylation sites (tertiary alicyclic amines) is 1. The molecule has 138 valence electrons. The van der Waals surface area contributed by atoms with E-state index in [1.54, 1.807) is 4.90 Å². The van der Waals surface area contributed by atoms with Gasteiger partial charge in [0.2, 0.25) is 5.91 Å². The fourth-order valence-corrected chi connectivity index (χ4v) is 2.97. The van der Waals surface area contributed by atoms with Crippen molar-refractivity contribution in [3.05, 3.63) is 35.4 Å². The summed E-state index contributed by atoms with van der Waals surface area (Å²) in [6.07, 6.45) is -3.05. The van der Waals surface area contributed by atoms with E-state index in [1.165, 1.54) is 12.1 Å². The van der Waals surface area contributed by atoms with Crippen LogP contribution in [0.15, 0.2) is 24.3 Å². The van der Waals surface area contributed by atoms with Crippen LogP contribution >= 0.6 is 0 Å². The lowest BCUT2D eigenvalue weighted by molar-refractivity contribution is -0.137. The SMILES string of the molecule is CC(N)C1CCN(C(=O)CNC(=O)c2ccccc2C(F)(F)F)CC1. The standard InChI is InChI=1S/C17H22F3N3O2/c1-11(21)12-6-8-23(9-7-12)15(24)10-22-16(25)13-4-2-3-5-14(13)17(18,19)20/h2-5,11-12H,6-10,21H2,1H3,(H,22,25). The predicted molar refractivity (Wildman–Crippen MR) is 86.7 cm³/mol. The molecule has 0 aromatic heterocycles. The quantitative estimate of drug-likeness (QED) is 0.866. The van der Waals surface area contributed by atoms with Gasteiger partial charge in [-0.25, -0.2) is 0 Å². The van der Waals surface area contributed by atoms with Gasteiger partial charge in [-0.1, -0.05) is 12.1 Å². The number of nitrogens with two attached hydrogens (primary N) is 1. The summed E-state index contributed by atoms with van der Waals surface area (Å²) < 4.78 is 38.8. The van der Waals surface area contributed by atoms with Crippen LogP contribution in [0.4, 0.5) is 13.2 Å². The van der Waals surface area contributed by atoms with Gasteiger partial charge >= 0.3 is 6.18 Å². The number of amides is 2. The Bertz CT molecular complexity index is 624. The molecule has 1 aliphatic heterocycles. The summed E-state index contributed by atoms with van der Waals surface area (Å²) >= 11 is 0. The van der Waals surface area contributed by atoms with Crippen molar-refractivity contribution in [3.8, 4) is 0 Å². The molecule has 25 heavy (non-hydrogen) atoms. The van der Waals surface area contributed by atoms with Crippen molar-refractivity contribution in [2.75, 3.05) is 19.6 Å². The minimum atomic E-state index is -4.63. The van der Waals surface area contributed by atoms with E-state index in [9.17, 15) is 22.8 Å². The molecule has 0 radical (unpaired) electrons. The normalized spacial score (nSPS) is 17.2. The second-order valence-electron chi connectivity index (χ2n) is 6.30. The van der Waals surface area contributed by atoms with Gasteiger partial charge in [0.15, 0.2) is 0 Å². The molecule has 1 aromatic carbocycles. The van der Waals surface area contributed by atoms with Crippen LogP contribution in [0.5, 0.6) is 0 Å². The molecule has 0 spiro atoms. The number of nitrogens with zero attached hydrogens (tertiary/aromatic N) is 1. The van der Waals surface area contributed by atoms with Gasteiger partial charge in [-0.15, -0.1) is 0 Å². The fraction of sp³-hybridized carbons (Fsp3) is 0.529. The van der Waals surface area contributed by atoms with Gasteiger partial charge < -0.3 is 16.0 Å². The molecular weight excluding hydrogens is 335 g/mol. The number of halogens is 3. The Hall–Kier alpha value is -2.09. The van der Waals surface area contributed by atoms with Crippen molar-refractivity contribution >= 4 is 11.8 Å². The zero-order chi connectivity index (χ0) is 18.6. The summed E-state index contributed by atoms with van der Waals surface area (Å²) in [6.45, 7) is 2.69. The van der Waals surface area contributed by atoms with Crippen LogP contribution in [0.2, 0.25) is 0 Å². The first-order valence-electron chi connectivity index (χ1n) is 8.18. The van der Waals surface area contributed by atoms with Crippen molar-refractivity contribution in [1.82, 2.24) is 10.2 Å². The predicted octanol–water partition coefficient (Wildman–Crippen LogP) is 2.02. The lowest BCUT2D eigenvalue weighted by Crippen LogP contribution is -2.46. The molecule has 0 saturated carbocycles. The number of piperidine rings is 1. The second-order valence-corrected chi connectivity index (χ2v) is 6.30. The highest BCUT2D eigenvalue weighted by Gasteiger charge is 2.35. The summed E-state index contributed by atoms with van der Waals surface area (Å²) in [5.41, 5.74) is 4.34. The van der Waals surface area contributed by atoms with E-state index in [2.05, 4.69) is 5.32 Å². The minimum Gasteiger partial charge on any atom is -0.343 e. The van der Waals surface area contributed by atoms with E-state index in [1.807, 2.05) is 6.92 Å². The molecule has 1 atom stereocenters. The summed E-state index contributed by atoms with van der Waals surface area (Å²) in [6, 6.07) is 4.57. The van der Waals surface area contributed by atoms with Crippen LogP contribution in [0.25, 0.3) is 0 Å². The number of hydrogen-bond donors (Lipinski definition) is 2. The Morgan fingerprint density at radius 2 is 1.88 bits per heavy atom. The third-order valence-corrected chi connectivity index (χ3v) is 4.51. The Morgan fingerprint density at radius 1 is 1.28 bits per heavy atom. The second kappa shape index (κ2) is 7.86. The largest absolute Gasteiger partial charge is 0.417 e. The number of hydrogen-bond acceptors (Lipinski definition) is 3. The Balaban J connectivity index is 1.92. The van der Waals surface area contributed by atoms with Crippen LogP contribution in [-0.4, -0.2) is 42.4 Å². The highest BCUT2D eigenvalue weighted by molar-refractivity contribution is 5.97. The summed E-state index contributed by atoms with van der Waals surface area (Å²) in [5.74, 6) is -0.856. The molecule has 0 aliphatic carbocycles. The van der Waals surface area contributed by atoms with Crippen molar-refractivity contribution in [2.24, 2.45) is 11.7 Å². The molecular formula is C17H22F3N3O2. The van der Waals surface area contributed by atoms with Gasteiger partial charge in [0.25, 0.3) is 5.91 Å². The average molecular weight is 357 g/mol. The van der Waals surface area contributed by atoms with Crippen LogP contribution in [0.1, 0.15) is 35.7 Å². The van der Waals surface area contributed by atoms with Gasteiger partial charge in [0.05, 0.1) is 17.7 Å². The third-order valence-electron chi connectivity index (χ3n) is 4.51. The van der Waals surface area contributed by atoms with E-state index in [-0.39, 0.29) is 18.5 Å². The van der Waals surface area contributed by atoms with Crippen LogP contribution in [0, 0.1) is 5.92 Å². The lowest BCUT2D eigenvalue weighted by atomic mass is 9.91. The zero-order valence-corrected chi connectivity index (χ0v) is 14.0. The first kappa shape index (κ1) is 19.2. The Kier molecular flexibility index (Phi) is 6.05. The van der Waals surface area contributed by atoms with Gasteiger partial charge in [-0.2, -0.15) is 13.2 Å². The average Bonchev–Trinajstić information content (AvgIpc) is 2.58. The van der Waals surface area contributed by atoms with Crippen molar-refractivity contribution in [2.45, 2.75) is 32.0 Å². The molecule has 1 unspecified atom stereocenters.